The zero-order valence-electron chi connectivity index (χ0n) is 12.0. The van der Waals surface area contributed by atoms with Crippen molar-refractivity contribution in [3.8, 4) is 5.75 Å². The maximum absolute atomic E-state index is 11.9. The van der Waals surface area contributed by atoms with Crippen LogP contribution in [0, 0.1) is 10.1 Å². The summed E-state index contributed by atoms with van der Waals surface area (Å²) < 4.78 is 5.16. The molecule has 1 aromatic rings. The second-order valence-corrected chi connectivity index (χ2v) is 4.23. The Balaban J connectivity index is 3.03. The van der Waals surface area contributed by atoms with E-state index >= 15 is 0 Å². The van der Waals surface area contributed by atoms with E-state index in [1.165, 1.54) is 30.2 Å². The van der Waals surface area contributed by atoms with Crippen LogP contribution in [-0.2, 0) is 6.54 Å². The lowest BCUT2D eigenvalue weighted by atomic mass is 10.1. The van der Waals surface area contributed by atoms with E-state index in [4.69, 9.17) is 9.84 Å². The highest BCUT2D eigenvalue weighted by atomic mass is 16.6. The number of rotatable bonds is 7. The molecule has 1 aromatic carbocycles. The molecule has 2 amide bonds. The fraction of sp³-hybridized carbons (Fsp3) is 0.462. The van der Waals surface area contributed by atoms with Crippen LogP contribution in [0.15, 0.2) is 18.2 Å². The van der Waals surface area contributed by atoms with E-state index in [0.29, 0.717) is 17.9 Å². The van der Waals surface area contributed by atoms with Crippen LogP contribution in [0.4, 0.5) is 10.5 Å². The Hall–Kier alpha value is -2.35. The second kappa shape index (κ2) is 8.05. The first-order valence-electron chi connectivity index (χ1n) is 6.48. The number of nitrogens with one attached hydrogen (secondary N) is 1. The number of urea groups is 1. The average molecular weight is 297 g/mol. The molecular formula is C13H19N3O5. The number of nitro groups is 1. The van der Waals surface area contributed by atoms with Crippen molar-refractivity contribution in [1.29, 1.82) is 0 Å². The minimum absolute atomic E-state index is 0.0781. The van der Waals surface area contributed by atoms with E-state index in [1.807, 2.05) is 0 Å². The van der Waals surface area contributed by atoms with E-state index in [0.717, 1.165) is 0 Å². The summed E-state index contributed by atoms with van der Waals surface area (Å²) in [5.74, 6) is 0.452. The Morgan fingerprint density at radius 1 is 1.52 bits per heavy atom. The summed E-state index contributed by atoms with van der Waals surface area (Å²) in [6.07, 6.45) is 0. The van der Waals surface area contributed by atoms with E-state index in [2.05, 4.69) is 5.32 Å². The first kappa shape index (κ1) is 16.7. The van der Waals surface area contributed by atoms with Crippen LogP contribution in [0.2, 0.25) is 0 Å². The maximum Gasteiger partial charge on any atom is 0.317 e. The summed E-state index contributed by atoms with van der Waals surface area (Å²) in [6.45, 7) is 2.26. The van der Waals surface area contributed by atoms with Gasteiger partial charge in [-0.3, -0.25) is 10.1 Å². The number of non-ortho nitro benzene ring substituents is 1. The van der Waals surface area contributed by atoms with Gasteiger partial charge in [-0.1, -0.05) is 0 Å². The number of nitro benzene ring substituents is 1. The van der Waals surface area contributed by atoms with E-state index < -0.39 is 4.92 Å². The Kier molecular flexibility index (Phi) is 6.41. The summed E-state index contributed by atoms with van der Waals surface area (Å²) in [6, 6.07) is 3.84. The van der Waals surface area contributed by atoms with Crippen LogP contribution in [0.5, 0.6) is 5.75 Å². The van der Waals surface area contributed by atoms with Gasteiger partial charge in [-0.05, 0) is 13.0 Å². The quantitative estimate of drug-likeness (QED) is 0.579. The molecule has 0 saturated carbocycles. The van der Waals surface area contributed by atoms with Gasteiger partial charge in [-0.15, -0.1) is 0 Å². The molecular weight excluding hydrogens is 278 g/mol. The molecule has 0 aliphatic carbocycles. The van der Waals surface area contributed by atoms with Gasteiger partial charge in [0.15, 0.2) is 0 Å². The summed E-state index contributed by atoms with van der Waals surface area (Å²) in [5.41, 5.74) is 0.428. The lowest BCUT2D eigenvalue weighted by Gasteiger charge is -2.22. The standard InChI is InChI=1S/C13H19N3O5/c1-3-14-13(18)15(6-7-17)9-10-8-11(16(19)20)4-5-12(10)21-2/h4-5,8,17H,3,6-7,9H2,1-2H3,(H,14,18). The SMILES string of the molecule is CCNC(=O)N(CCO)Cc1cc([N+](=O)[O-])ccc1OC. The third-order valence-corrected chi connectivity index (χ3v) is 2.82. The van der Waals surface area contributed by atoms with Crippen molar-refractivity contribution in [2.24, 2.45) is 0 Å². The normalized spacial score (nSPS) is 10.0. The molecule has 8 nitrogen and oxygen atoms in total. The zero-order chi connectivity index (χ0) is 15.8. The van der Waals surface area contributed by atoms with Crippen molar-refractivity contribution in [2.45, 2.75) is 13.5 Å². The summed E-state index contributed by atoms with van der Waals surface area (Å²) >= 11 is 0. The van der Waals surface area contributed by atoms with Crippen molar-refractivity contribution in [3.63, 3.8) is 0 Å². The number of aliphatic hydroxyl groups excluding tert-OH is 1. The van der Waals surface area contributed by atoms with Gasteiger partial charge in [0.25, 0.3) is 5.69 Å². The van der Waals surface area contributed by atoms with E-state index in [-0.39, 0.29) is 31.4 Å². The largest absolute Gasteiger partial charge is 0.496 e. The Morgan fingerprint density at radius 2 is 2.24 bits per heavy atom. The topological polar surface area (TPSA) is 105 Å². The predicted molar refractivity (Wildman–Crippen MR) is 76.2 cm³/mol. The van der Waals surface area contributed by atoms with E-state index in [9.17, 15) is 14.9 Å². The van der Waals surface area contributed by atoms with Gasteiger partial charge in [0.05, 0.1) is 25.2 Å². The number of carbonyl (C=O) groups excluding carboxylic acids is 1. The van der Waals surface area contributed by atoms with Gasteiger partial charge < -0.3 is 20.1 Å². The number of amides is 2. The number of carbonyl (C=O) groups is 1. The summed E-state index contributed by atoms with van der Waals surface area (Å²) in [4.78, 5) is 23.6. The lowest BCUT2D eigenvalue weighted by molar-refractivity contribution is -0.384. The highest BCUT2D eigenvalue weighted by molar-refractivity contribution is 5.74. The minimum atomic E-state index is -0.508. The minimum Gasteiger partial charge on any atom is -0.496 e. The van der Waals surface area contributed by atoms with Crippen LogP contribution >= 0.6 is 0 Å². The van der Waals surface area contributed by atoms with Crippen LogP contribution in [-0.4, -0.2) is 47.8 Å². The van der Waals surface area contributed by atoms with Crippen LogP contribution in [0.25, 0.3) is 0 Å². The molecule has 0 unspecified atom stereocenters. The fourth-order valence-corrected chi connectivity index (χ4v) is 1.84. The average Bonchev–Trinajstić information content (AvgIpc) is 2.46. The highest BCUT2D eigenvalue weighted by Gasteiger charge is 2.17. The van der Waals surface area contributed by atoms with E-state index in [1.54, 1.807) is 6.92 Å². The first-order valence-corrected chi connectivity index (χ1v) is 6.48. The molecule has 0 fully saturated rings. The van der Waals surface area contributed by atoms with Crippen LogP contribution in [0.1, 0.15) is 12.5 Å². The fourth-order valence-electron chi connectivity index (χ4n) is 1.84. The number of benzene rings is 1. The number of ether oxygens (including phenoxy) is 1. The number of hydrogen-bond donors (Lipinski definition) is 2. The molecule has 0 aliphatic heterocycles. The number of nitrogens with zero attached hydrogens (tertiary/aromatic N) is 2. The monoisotopic (exact) mass is 297 g/mol. The Labute approximate surface area is 122 Å². The predicted octanol–water partition coefficient (Wildman–Crippen LogP) is 1.13. The Morgan fingerprint density at radius 3 is 2.76 bits per heavy atom. The highest BCUT2D eigenvalue weighted by Crippen LogP contribution is 2.25. The molecule has 1 rings (SSSR count). The molecule has 0 saturated heterocycles. The molecule has 0 aromatic heterocycles. The number of methoxy groups -OCH3 is 1. The molecule has 0 aliphatic rings. The zero-order valence-corrected chi connectivity index (χ0v) is 12.0. The molecule has 0 atom stereocenters. The van der Waals surface area contributed by atoms with Crippen molar-refractivity contribution in [2.75, 3.05) is 26.8 Å². The molecule has 0 spiro atoms. The van der Waals surface area contributed by atoms with Crippen molar-refractivity contribution >= 4 is 11.7 Å². The molecule has 0 radical (unpaired) electrons. The lowest BCUT2D eigenvalue weighted by Crippen LogP contribution is -2.41. The molecule has 0 bridgehead atoms. The number of hydrogen-bond acceptors (Lipinski definition) is 5. The second-order valence-electron chi connectivity index (χ2n) is 4.23. The summed E-state index contributed by atoms with van der Waals surface area (Å²) in [7, 11) is 1.45. The third-order valence-electron chi connectivity index (χ3n) is 2.82. The Bertz CT molecular complexity index is 507. The van der Waals surface area contributed by atoms with Gasteiger partial charge in [0.1, 0.15) is 5.75 Å². The van der Waals surface area contributed by atoms with Crippen molar-refractivity contribution in [3.05, 3.63) is 33.9 Å². The van der Waals surface area contributed by atoms with Crippen molar-refractivity contribution < 1.29 is 19.6 Å². The summed E-state index contributed by atoms with van der Waals surface area (Å²) in [5, 5.41) is 22.5. The smallest absolute Gasteiger partial charge is 0.317 e. The first-order chi connectivity index (χ1) is 10.0. The maximum atomic E-state index is 11.9. The van der Waals surface area contributed by atoms with Gasteiger partial charge >= 0.3 is 6.03 Å². The van der Waals surface area contributed by atoms with Crippen LogP contribution < -0.4 is 10.1 Å². The number of aliphatic hydroxyl groups is 1. The molecule has 21 heavy (non-hydrogen) atoms. The van der Waals surface area contributed by atoms with Gasteiger partial charge in [0.2, 0.25) is 0 Å². The molecule has 8 heteroatoms. The van der Waals surface area contributed by atoms with Gasteiger partial charge in [0, 0.05) is 30.8 Å². The third kappa shape index (κ3) is 4.60. The molecule has 2 N–H and O–H groups in total. The molecule has 116 valence electrons. The van der Waals surface area contributed by atoms with Crippen molar-refractivity contribution in [1.82, 2.24) is 10.2 Å². The van der Waals surface area contributed by atoms with Gasteiger partial charge in [-0.25, -0.2) is 4.79 Å². The van der Waals surface area contributed by atoms with Crippen LogP contribution in [0.3, 0.4) is 0 Å². The molecule has 0 heterocycles. The van der Waals surface area contributed by atoms with Gasteiger partial charge in [-0.2, -0.15) is 0 Å².